The number of hydrazone groups is 1. The quantitative estimate of drug-likeness (QED) is 0.588. The first-order valence-electron chi connectivity index (χ1n) is 8.45. The monoisotopic (exact) mass is 394 g/mol. The van der Waals surface area contributed by atoms with Gasteiger partial charge in [0.2, 0.25) is 5.91 Å². The fraction of sp³-hybridized carbons (Fsp3) is 0.556. The molecule has 2 saturated carbocycles. The fourth-order valence-electron chi connectivity index (χ4n) is 4.02. The average Bonchev–Trinajstić information content (AvgIpc) is 3.18. The van der Waals surface area contributed by atoms with E-state index in [-0.39, 0.29) is 23.0 Å². The number of fused-ring (bicyclic) bond motifs is 1. The van der Waals surface area contributed by atoms with Crippen molar-refractivity contribution in [1.82, 2.24) is 5.43 Å². The number of hydrogen-bond acceptors (Lipinski definition) is 4. The van der Waals surface area contributed by atoms with Gasteiger partial charge in [0.1, 0.15) is 0 Å². The first kappa shape index (κ1) is 17.3. The lowest BCUT2D eigenvalue weighted by atomic mass is 9.90. The van der Waals surface area contributed by atoms with Gasteiger partial charge in [-0.1, -0.05) is 19.8 Å². The van der Waals surface area contributed by atoms with E-state index >= 15 is 0 Å². The summed E-state index contributed by atoms with van der Waals surface area (Å²) in [6.45, 7) is 4.53. The van der Waals surface area contributed by atoms with Crippen molar-refractivity contribution in [2.45, 2.75) is 39.5 Å². The van der Waals surface area contributed by atoms with Gasteiger partial charge in [-0.2, -0.15) is 5.10 Å². The Bertz CT molecular complexity index is 676. The molecule has 0 bridgehead atoms. The Morgan fingerprint density at radius 3 is 3.00 bits per heavy atom. The van der Waals surface area contributed by atoms with Gasteiger partial charge in [-0.25, -0.2) is 5.43 Å². The van der Waals surface area contributed by atoms with Crippen LogP contribution in [0.5, 0.6) is 11.5 Å². The molecule has 0 aromatic heterocycles. The van der Waals surface area contributed by atoms with Crippen LogP contribution in [0.15, 0.2) is 21.7 Å². The fourth-order valence-corrected chi connectivity index (χ4v) is 4.48. The molecule has 6 heteroatoms. The molecular weight excluding hydrogens is 372 g/mol. The predicted octanol–water partition coefficient (Wildman–Crippen LogP) is 3.83. The van der Waals surface area contributed by atoms with Crippen LogP contribution in [-0.4, -0.2) is 23.8 Å². The summed E-state index contributed by atoms with van der Waals surface area (Å²) in [6.07, 6.45) is 6.32. The Balaban J connectivity index is 1.63. The second kappa shape index (κ2) is 6.75. The summed E-state index contributed by atoms with van der Waals surface area (Å²) in [5.41, 5.74) is 3.59. The number of nitrogens with one attached hydrogen (secondary N) is 1. The highest BCUT2D eigenvalue weighted by molar-refractivity contribution is 9.10. The SMILES string of the molecule is CCOc1cc(/C=N/NC(=O)[C@H]2[C@H]3CCCC[C@@]32C)cc(Br)c1O. The number of ether oxygens (including phenoxy) is 1. The number of carbonyl (C=O) groups is 1. The van der Waals surface area contributed by atoms with Gasteiger partial charge >= 0.3 is 0 Å². The third-order valence-electron chi connectivity index (χ3n) is 5.35. The molecule has 0 unspecified atom stereocenters. The Hall–Kier alpha value is -1.56. The number of hydrogen-bond donors (Lipinski definition) is 2. The van der Waals surface area contributed by atoms with Crippen molar-refractivity contribution in [3.05, 3.63) is 22.2 Å². The van der Waals surface area contributed by atoms with Gasteiger partial charge in [0, 0.05) is 5.92 Å². The molecule has 2 fully saturated rings. The second-order valence-corrected chi connectivity index (χ2v) is 7.71. The highest BCUT2D eigenvalue weighted by atomic mass is 79.9. The van der Waals surface area contributed by atoms with Gasteiger partial charge in [0.15, 0.2) is 11.5 Å². The molecule has 0 aliphatic heterocycles. The molecule has 2 aliphatic rings. The molecule has 1 amide bonds. The largest absolute Gasteiger partial charge is 0.503 e. The summed E-state index contributed by atoms with van der Waals surface area (Å²) in [5.74, 6) is 1.09. The van der Waals surface area contributed by atoms with E-state index in [9.17, 15) is 9.90 Å². The van der Waals surface area contributed by atoms with E-state index in [2.05, 4.69) is 33.4 Å². The summed E-state index contributed by atoms with van der Waals surface area (Å²) in [6, 6.07) is 3.42. The number of halogens is 1. The third kappa shape index (κ3) is 3.16. The summed E-state index contributed by atoms with van der Waals surface area (Å²) >= 11 is 3.29. The molecule has 3 rings (SSSR count). The van der Waals surface area contributed by atoms with Crippen LogP contribution >= 0.6 is 15.9 Å². The molecule has 5 nitrogen and oxygen atoms in total. The zero-order valence-electron chi connectivity index (χ0n) is 14.0. The van der Waals surface area contributed by atoms with E-state index in [4.69, 9.17) is 4.74 Å². The maximum absolute atomic E-state index is 12.4. The minimum Gasteiger partial charge on any atom is -0.503 e. The number of rotatable bonds is 5. The number of benzene rings is 1. The van der Waals surface area contributed by atoms with Crippen LogP contribution in [0.2, 0.25) is 0 Å². The van der Waals surface area contributed by atoms with Crippen molar-refractivity contribution in [2.75, 3.05) is 6.61 Å². The number of aromatic hydroxyl groups is 1. The van der Waals surface area contributed by atoms with E-state index in [1.807, 2.05) is 6.92 Å². The standard InChI is InChI=1S/C18H23BrN2O3/c1-3-24-14-9-11(8-13(19)16(14)22)10-20-21-17(23)15-12-6-4-5-7-18(12,15)2/h8-10,12,15,22H,3-7H2,1-2H3,(H,21,23)/b20-10+/t12-,15-,18+/m1/s1. The zero-order chi connectivity index (χ0) is 17.3. The number of carbonyl (C=O) groups excluding carboxylic acids is 1. The molecule has 3 atom stereocenters. The van der Waals surface area contributed by atoms with Crippen molar-refractivity contribution < 1.29 is 14.6 Å². The van der Waals surface area contributed by atoms with Crippen molar-refractivity contribution >= 4 is 28.1 Å². The zero-order valence-corrected chi connectivity index (χ0v) is 15.6. The number of amides is 1. The lowest BCUT2D eigenvalue weighted by Gasteiger charge is -2.15. The average molecular weight is 395 g/mol. The summed E-state index contributed by atoms with van der Waals surface area (Å²) in [4.78, 5) is 12.4. The smallest absolute Gasteiger partial charge is 0.244 e. The maximum Gasteiger partial charge on any atom is 0.244 e. The molecular formula is C18H23BrN2O3. The minimum atomic E-state index is 0.0172. The Kier molecular flexibility index (Phi) is 4.85. The lowest BCUT2D eigenvalue weighted by Crippen LogP contribution is -2.22. The molecule has 0 heterocycles. The number of phenolic OH excluding ortho intramolecular Hbond substituents is 1. The van der Waals surface area contributed by atoms with Crippen LogP contribution in [-0.2, 0) is 4.79 Å². The second-order valence-electron chi connectivity index (χ2n) is 6.85. The number of nitrogens with zero attached hydrogens (tertiary/aromatic N) is 1. The minimum absolute atomic E-state index is 0.0172. The first-order valence-corrected chi connectivity index (χ1v) is 9.25. The predicted molar refractivity (Wildman–Crippen MR) is 96.3 cm³/mol. The van der Waals surface area contributed by atoms with E-state index < -0.39 is 0 Å². The van der Waals surface area contributed by atoms with Crippen molar-refractivity contribution in [2.24, 2.45) is 22.4 Å². The molecule has 0 spiro atoms. The maximum atomic E-state index is 12.4. The van der Waals surface area contributed by atoms with Gasteiger partial charge in [-0.05, 0) is 64.7 Å². The van der Waals surface area contributed by atoms with Gasteiger partial charge in [0.25, 0.3) is 0 Å². The first-order chi connectivity index (χ1) is 11.5. The van der Waals surface area contributed by atoms with Gasteiger partial charge in [-0.15, -0.1) is 0 Å². The highest BCUT2D eigenvalue weighted by Crippen LogP contribution is 2.66. The van der Waals surface area contributed by atoms with Crippen LogP contribution in [0.1, 0.15) is 45.1 Å². The van der Waals surface area contributed by atoms with Crippen LogP contribution in [0.25, 0.3) is 0 Å². The van der Waals surface area contributed by atoms with E-state index in [1.54, 1.807) is 18.3 Å². The summed E-state index contributed by atoms with van der Waals surface area (Å²) in [7, 11) is 0. The van der Waals surface area contributed by atoms with Crippen molar-refractivity contribution in [1.29, 1.82) is 0 Å². The normalized spacial score (nSPS) is 28.5. The highest BCUT2D eigenvalue weighted by Gasteiger charge is 2.64. The van der Waals surface area contributed by atoms with E-state index in [0.717, 1.165) is 18.4 Å². The topological polar surface area (TPSA) is 70.9 Å². The van der Waals surface area contributed by atoms with Crippen molar-refractivity contribution in [3.8, 4) is 11.5 Å². The summed E-state index contributed by atoms with van der Waals surface area (Å²) < 4.78 is 5.91. The Labute approximate surface area is 150 Å². The van der Waals surface area contributed by atoms with Gasteiger partial charge < -0.3 is 9.84 Å². The molecule has 1 aromatic carbocycles. The molecule has 0 saturated heterocycles. The molecule has 24 heavy (non-hydrogen) atoms. The molecule has 130 valence electrons. The lowest BCUT2D eigenvalue weighted by molar-refractivity contribution is -0.123. The van der Waals surface area contributed by atoms with Gasteiger partial charge in [-0.3, -0.25) is 4.79 Å². The summed E-state index contributed by atoms with van der Waals surface area (Å²) in [5, 5.41) is 14.0. The van der Waals surface area contributed by atoms with Crippen molar-refractivity contribution in [3.63, 3.8) is 0 Å². The third-order valence-corrected chi connectivity index (χ3v) is 5.96. The Morgan fingerprint density at radius 2 is 2.33 bits per heavy atom. The van der Waals surface area contributed by atoms with Gasteiger partial charge in [0.05, 0.1) is 17.3 Å². The van der Waals surface area contributed by atoms with Crippen LogP contribution in [0.3, 0.4) is 0 Å². The Morgan fingerprint density at radius 1 is 1.54 bits per heavy atom. The molecule has 2 aliphatic carbocycles. The molecule has 1 aromatic rings. The van der Waals surface area contributed by atoms with Crippen LogP contribution < -0.4 is 10.2 Å². The molecule has 0 radical (unpaired) electrons. The van der Waals surface area contributed by atoms with E-state index in [0.29, 0.717) is 22.7 Å². The van der Waals surface area contributed by atoms with Crippen LogP contribution in [0.4, 0.5) is 0 Å². The number of phenols is 1. The van der Waals surface area contributed by atoms with Crippen LogP contribution in [0, 0.1) is 17.3 Å². The molecule has 2 N–H and O–H groups in total. The van der Waals surface area contributed by atoms with E-state index in [1.165, 1.54) is 12.8 Å².